The van der Waals surface area contributed by atoms with Gasteiger partial charge in [0.05, 0.1) is 6.54 Å². The van der Waals surface area contributed by atoms with Crippen LogP contribution in [0.15, 0.2) is 42.7 Å². The maximum absolute atomic E-state index is 14.0. The molecule has 1 atom stereocenters. The summed E-state index contributed by atoms with van der Waals surface area (Å²) in [7, 11) is 1.67. The fraction of sp³-hybridized carbons (Fsp3) is 0.368. The largest absolute Gasteiger partial charge is 0.340 e. The molecule has 3 rings (SSSR count). The fourth-order valence-corrected chi connectivity index (χ4v) is 3.36. The van der Waals surface area contributed by atoms with Crippen LogP contribution in [0, 0.1) is 5.82 Å². The third-order valence-corrected chi connectivity index (χ3v) is 5.00. The van der Waals surface area contributed by atoms with Gasteiger partial charge in [-0.15, -0.1) is 0 Å². The smallest absolute Gasteiger partial charge is 0.236 e. The number of carbonyl (C=O) groups excluding carboxylic acids is 1. The average molecular weight is 377 g/mol. The Bertz CT molecular complexity index is 738. The van der Waals surface area contributed by atoms with Crippen molar-refractivity contribution in [3.05, 3.63) is 64.7 Å². The summed E-state index contributed by atoms with van der Waals surface area (Å²) in [4.78, 5) is 20.5. The third-order valence-electron chi connectivity index (χ3n) is 4.64. The summed E-state index contributed by atoms with van der Waals surface area (Å²) in [5, 5.41) is 3.69. The molecule has 26 heavy (non-hydrogen) atoms. The molecule has 1 unspecified atom stereocenters. The van der Waals surface area contributed by atoms with E-state index in [4.69, 9.17) is 11.6 Å². The first-order valence-electron chi connectivity index (χ1n) is 8.58. The van der Waals surface area contributed by atoms with E-state index < -0.39 is 5.82 Å². The maximum Gasteiger partial charge on any atom is 0.236 e. The van der Waals surface area contributed by atoms with E-state index in [0.29, 0.717) is 10.6 Å². The second-order valence-corrected chi connectivity index (χ2v) is 6.83. The van der Waals surface area contributed by atoms with Crippen LogP contribution in [-0.4, -0.2) is 53.9 Å². The molecule has 1 aliphatic heterocycles. The second-order valence-electron chi connectivity index (χ2n) is 6.43. The Hall–Kier alpha value is -2.02. The van der Waals surface area contributed by atoms with Crippen molar-refractivity contribution in [1.29, 1.82) is 0 Å². The van der Waals surface area contributed by atoms with E-state index in [1.807, 2.05) is 18.3 Å². The highest BCUT2D eigenvalue weighted by molar-refractivity contribution is 6.31. The van der Waals surface area contributed by atoms with Crippen LogP contribution in [0.4, 0.5) is 4.39 Å². The van der Waals surface area contributed by atoms with Gasteiger partial charge in [0.2, 0.25) is 5.91 Å². The molecule has 2 heterocycles. The molecule has 0 saturated carbocycles. The number of halogens is 2. The van der Waals surface area contributed by atoms with Gasteiger partial charge in [0.25, 0.3) is 0 Å². The quantitative estimate of drug-likeness (QED) is 0.871. The van der Waals surface area contributed by atoms with Crippen molar-refractivity contribution in [3.63, 3.8) is 0 Å². The summed E-state index contributed by atoms with van der Waals surface area (Å²) in [5.41, 5.74) is 1.42. The molecule has 5 nitrogen and oxygen atoms in total. The van der Waals surface area contributed by atoms with Crippen molar-refractivity contribution in [2.45, 2.75) is 12.6 Å². The van der Waals surface area contributed by atoms with Gasteiger partial charge >= 0.3 is 0 Å². The molecule has 1 fully saturated rings. The van der Waals surface area contributed by atoms with Crippen LogP contribution in [0.5, 0.6) is 0 Å². The van der Waals surface area contributed by atoms with Crippen LogP contribution in [0.2, 0.25) is 5.02 Å². The zero-order valence-corrected chi connectivity index (χ0v) is 15.4. The molecule has 1 N–H and O–H groups in total. The molecule has 138 valence electrons. The van der Waals surface area contributed by atoms with Crippen molar-refractivity contribution in [2.75, 3.05) is 33.2 Å². The standard InChI is InChI=1S/C19H22ClFN4O/c1-24(12-15-16(20)5-2-6-17(15)21)19(26)13-25-9-8-23-11-18(25)14-4-3-7-22-10-14/h2-7,10,18,23H,8-9,11-13H2,1H3. The van der Waals surface area contributed by atoms with Gasteiger partial charge in [-0.25, -0.2) is 4.39 Å². The van der Waals surface area contributed by atoms with Crippen LogP contribution in [0.1, 0.15) is 17.2 Å². The summed E-state index contributed by atoms with van der Waals surface area (Å²) < 4.78 is 14.0. The van der Waals surface area contributed by atoms with E-state index >= 15 is 0 Å². The monoisotopic (exact) mass is 376 g/mol. The zero-order chi connectivity index (χ0) is 18.5. The SMILES string of the molecule is CN(Cc1c(F)cccc1Cl)C(=O)CN1CCNCC1c1cccnc1. The lowest BCUT2D eigenvalue weighted by Crippen LogP contribution is -2.49. The van der Waals surface area contributed by atoms with Gasteiger partial charge < -0.3 is 10.2 Å². The summed E-state index contributed by atoms with van der Waals surface area (Å²) in [6, 6.07) is 8.55. The molecule has 0 bridgehead atoms. The van der Waals surface area contributed by atoms with Crippen LogP contribution in [-0.2, 0) is 11.3 Å². The van der Waals surface area contributed by atoms with Crippen molar-refractivity contribution in [3.8, 4) is 0 Å². The first-order chi connectivity index (χ1) is 12.6. The number of nitrogens with zero attached hydrogens (tertiary/aromatic N) is 3. The van der Waals surface area contributed by atoms with Crippen LogP contribution in [0.25, 0.3) is 0 Å². The maximum atomic E-state index is 14.0. The van der Waals surface area contributed by atoms with Gasteiger partial charge in [-0.05, 0) is 23.8 Å². The van der Waals surface area contributed by atoms with Crippen molar-refractivity contribution < 1.29 is 9.18 Å². The number of benzene rings is 1. The lowest BCUT2D eigenvalue weighted by Gasteiger charge is -2.36. The minimum absolute atomic E-state index is 0.0693. The molecule has 0 aliphatic carbocycles. The topological polar surface area (TPSA) is 48.5 Å². The van der Waals surface area contributed by atoms with Gasteiger partial charge in [-0.3, -0.25) is 14.7 Å². The number of likely N-dealkylation sites (N-methyl/N-ethyl adjacent to an activating group) is 1. The molecular formula is C19H22ClFN4O. The van der Waals surface area contributed by atoms with Gasteiger partial charge in [0, 0.05) is 62.2 Å². The van der Waals surface area contributed by atoms with E-state index in [2.05, 4.69) is 15.2 Å². The summed E-state index contributed by atoms with van der Waals surface area (Å²) in [6.07, 6.45) is 3.57. The van der Waals surface area contributed by atoms with Gasteiger partial charge in [0.1, 0.15) is 5.82 Å². The van der Waals surface area contributed by atoms with Crippen LogP contribution >= 0.6 is 11.6 Å². The van der Waals surface area contributed by atoms with Crippen molar-refractivity contribution >= 4 is 17.5 Å². The third kappa shape index (κ3) is 4.38. The minimum atomic E-state index is -0.396. The van der Waals surface area contributed by atoms with Gasteiger partial charge in [-0.1, -0.05) is 23.7 Å². The molecule has 7 heteroatoms. The number of hydrogen-bond donors (Lipinski definition) is 1. The molecule has 1 aromatic carbocycles. The first-order valence-corrected chi connectivity index (χ1v) is 8.95. The van der Waals surface area contributed by atoms with Crippen LogP contribution in [0.3, 0.4) is 0 Å². The Morgan fingerprint density at radius 1 is 1.42 bits per heavy atom. The van der Waals surface area contributed by atoms with Crippen LogP contribution < -0.4 is 5.32 Å². The number of amides is 1. The molecule has 0 spiro atoms. The number of carbonyl (C=O) groups is 1. The number of hydrogen-bond acceptors (Lipinski definition) is 4. The Balaban J connectivity index is 1.67. The summed E-state index contributed by atoms with van der Waals surface area (Å²) >= 11 is 6.07. The highest BCUT2D eigenvalue weighted by Crippen LogP contribution is 2.23. The van der Waals surface area contributed by atoms with E-state index in [1.165, 1.54) is 11.0 Å². The Morgan fingerprint density at radius 3 is 3.00 bits per heavy atom. The predicted molar refractivity (Wildman–Crippen MR) is 99.3 cm³/mol. The average Bonchev–Trinajstić information content (AvgIpc) is 2.66. The molecule has 1 aliphatic rings. The Kier molecular flexibility index (Phi) is 6.19. The van der Waals surface area contributed by atoms with E-state index in [0.717, 1.165) is 25.2 Å². The molecule has 1 aromatic heterocycles. The number of piperazine rings is 1. The molecule has 1 saturated heterocycles. The lowest BCUT2D eigenvalue weighted by atomic mass is 10.1. The number of rotatable bonds is 5. The number of nitrogens with one attached hydrogen (secondary N) is 1. The molecular weight excluding hydrogens is 355 g/mol. The van der Waals surface area contributed by atoms with Gasteiger partial charge in [0.15, 0.2) is 0 Å². The second kappa shape index (κ2) is 8.58. The van der Waals surface area contributed by atoms with Gasteiger partial charge in [-0.2, -0.15) is 0 Å². The fourth-order valence-electron chi connectivity index (χ4n) is 3.14. The molecule has 1 amide bonds. The Morgan fingerprint density at radius 2 is 2.27 bits per heavy atom. The highest BCUT2D eigenvalue weighted by Gasteiger charge is 2.27. The summed E-state index contributed by atoms with van der Waals surface area (Å²) in [5.74, 6) is -0.465. The molecule has 2 aromatic rings. The zero-order valence-electron chi connectivity index (χ0n) is 14.7. The number of aromatic nitrogens is 1. The normalized spacial score (nSPS) is 17.9. The minimum Gasteiger partial charge on any atom is -0.340 e. The Labute approximate surface area is 157 Å². The van der Waals surface area contributed by atoms with E-state index in [-0.39, 0.29) is 25.0 Å². The van der Waals surface area contributed by atoms with E-state index in [1.54, 1.807) is 25.4 Å². The van der Waals surface area contributed by atoms with Crippen molar-refractivity contribution in [1.82, 2.24) is 20.1 Å². The summed E-state index contributed by atoms with van der Waals surface area (Å²) in [6.45, 7) is 2.77. The van der Waals surface area contributed by atoms with E-state index in [9.17, 15) is 9.18 Å². The molecule has 0 radical (unpaired) electrons. The number of pyridine rings is 1. The predicted octanol–water partition coefficient (Wildman–Crippen LogP) is 2.48. The first kappa shape index (κ1) is 18.8. The highest BCUT2D eigenvalue weighted by atomic mass is 35.5. The van der Waals surface area contributed by atoms with Crippen molar-refractivity contribution in [2.24, 2.45) is 0 Å². The lowest BCUT2D eigenvalue weighted by molar-refractivity contribution is -0.132.